The number of hydrogen-bond donors (Lipinski definition) is 2. The Morgan fingerprint density at radius 2 is 0.701 bits per heavy atom. The van der Waals surface area contributed by atoms with Crippen molar-refractivity contribution in [2.24, 2.45) is 0 Å². The second-order valence-corrected chi connectivity index (χ2v) is 27.9. The molecule has 0 aliphatic rings. The zero-order valence-electron chi connectivity index (χ0n) is 58.3. The van der Waals surface area contributed by atoms with Gasteiger partial charge >= 0.3 is 13.8 Å². The fourth-order valence-corrected chi connectivity index (χ4v) is 11.6. The van der Waals surface area contributed by atoms with Crippen LogP contribution in [-0.2, 0) is 27.9 Å². The number of quaternary nitrogens is 1. The van der Waals surface area contributed by atoms with Gasteiger partial charge in [-0.25, -0.2) is 4.57 Å². The number of phosphoric ester groups is 1. The molecule has 1 amide bonds. The third-order valence-corrected chi connectivity index (χ3v) is 17.6. The van der Waals surface area contributed by atoms with Crippen LogP contribution in [0.25, 0.3) is 0 Å². The molecule has 0 heterocycles. The number of carbonyl (C=O) groups excluding carboxylic acids is 2. The first-order valence-electron chi connectivity index (χ1n) is 37.3. The number of allylic oxidation sites excluding steroid dienone is 11. The van der Waals surface area contributed by atoms with Gasteiger partial charge < -0.3 is 19.4 Å². The molecule has 0 aromatic rings. The van der Waals surface area contributed by atoms with Crippen LogP contribution < -0.4 is 5.32 Å². The van der Waals surface area contributed by atoms with E-state index in [0.717, 1.165) is 77.0 Å². The summed E-state index contributed by atoms with van der Waals surface area (Å²) in [6, 6.07) is -0.853. The Morgan fingerprint density at radius 3 is 1.07 bits per heavy atom. The van der Waals surface area contributed by atoms with E-state index >= 15 is 0 Å². The number of unbranched alkanes of at least 4 members (excludes halogenated alkanes) is 42. The quantitative estimate of drug-likeness (QED) is 0.0205. The third-order valence-electron chi connectivity index (χ3n) is 16.6. The normalized spacial score (nSPS) is 13.9. The van der Waals surface area contributed by atoms with Gasteiger partial charge in [0.2, 0.25) is 5.91 Å². The van der Waals surface area contributed by atoms with Crippen LogP contribution in [0, 0.1) is 0 Å². The number of rotatable bonds is 68. The first-order valence-corrected chi connectivity index (χ1v) is 38.8. The molecule has 0 aromatic heterocycles. The van der Waals surface area contributed by atoms with Gasteiger partial charge in [-0.05, 0) is 102 Å². The summed E-state index contributed by atoms with van der Waals surface area (Å²) < 4.78 is 30.9. The van der Waals surface area contributed by atoms with Crippen LogP contribution in [-0.4, -0.2) is 74.3 Å². The van der Waals surface area contributed by atoms with E-state index in [2.05, 4.69) is 86.8 Å². The SMILES string of the molecule is CCCCC/C=C\C/C=C\C/C=C\CCCCCCCCCCCCC(=O)OC(/C=C/CCCCCCCCCCCCC)C(COP(=O)(O)OCC[N+](C)(C)C)NC(=O)CCCCCCCCCCCCCCCCC/C=C\C/C=C\CCCCC. The minimum atomic E-state index is -4.46. The van der Waals surface area contributed by atoms with E-state index in [0.29, 0.717) is 17.4 Å². The van der Waals surface area contributed by atoms with Crippen molar-refractivity contribution in [3.8, 4) is 0 Å². The van der Waals surface area contributed by atoms with Crippen LogP contribution in [0.3, 0.4) is 0 Å². The average molecular weight is 1240 g/mol. The molecule has 0 saturated carbocycles. The van der Waals surface area contributed by atoms with Crippen molar-refractivity contribution in [2.45, 2.75) is 367 Å². The van der Waals surface area contributed by atoms with Gasteiger partial charge in [-0.15, -0.1) is 0 Å². The predicted molar refractivity (Wildman–Crippen MR) is 378 cm³/mol. The predicted octanol–water partition coefficient (Wildman–Crippen LogP) is 23.9. The maximum absolute atomic E-state index is 13.6. The van der Waals surface area contributed by atoms with Gasteiger partial charge in [0.1, 0.15) is 19.3 Å². The standard InChI is InChI=1S/C77H143N2O7P/c1-7-10-13-16-19-22-25-28-30-32-34-36-38-39-41-42-44-46-48-51-54-57-60-63-66-69-76(80)78-74(73-85-87(82,83)84-72-71-79(4,5)6)75(68-65-62-59-56-53-50-27-24-21-18-15-12-9-3)86-77(81)70-67-64-61-58-55-52-49-47-45-43-40-37-35-33-31-29-26-23-20-17-14-11-8-2/h19-20,22-23,28-31,35,37,65,68,74-75H,7-18,21,24-27,32-34,36,38-64,66-67,69-73H2,1-6H3,(H-,78,80,82,83)/p+1/b22-19-,23-20-,30-28-,31-29-,37-35-,68-65+. The second-order valence-electron chi connectivity index (χ2n) is 26.5. The smallest absolute Gasteiger partial charge is 0.456 e. The maximum Gasteiger partial charge on any atom is 0.472 e. The molecule has 0 aromatic carbocycles. The van der Waals surface area contributed by atoms with Crippen molar-refractivity contribution < 1.29 is 37.3 Å². The summed E-state index contributed by atoms with van der Waals surface area (Å²) in [5, 5.41) is 3.08. The Hall–Kier alpha value is -2.55. The lowest BCUT2D eigenvalue weighted by molar-refractivity contribution is -0.870. The van der Waals surface area contributed by atoms with E-state index < -0.39 is 20.0 Å². The Kier molecular flexibility index (Phi) is 64.4. The van der Waals surface area contributed by atoms with Crippen LogP contribution in [0.4, 0.5) is 0 Å². The van der Waals surface area contributed by atoms with Gasteiger partial charge in [0.15, 0.2) is 0 Å². The molecule has 0 spiro atoms. The zero-order chi connectivity index (χ0) is 63.5. The van der Waals surface area contributed by atoms with Crippen molar-refractivity contribution in [1.82, 2.24) is 5.32 Å². The van der Waals surface area contributed by atoms with E-state index in [1.807, 2.05) is 33.3 Å². The molecule has 0 fully saturated rings. The number of nitrogens with one attached hydrogen (secondary N) is 1. The molecular weight excluding hydrogens is 1100 g/mol. The van der Waals surface area contributed by atoms with Gasteiger partial charge in [-0.2, -0.15) is 0 Å². The Bertz CT molecular complexity index is 1720. The molecule has 87 heavy (non-hydrogen) atoms. The van der Waals surface area contributed by atoms with E-state index in [1.165, 1.54) is 244 Å². The lowest BCUT2D eigenvalue weighted by atomic mass is 10.0. The summed E-state index contributed by atoms with van der Waals surface area (Å²) in [6.45, 7) is 7.01. The zero-order valence-corrected chi connectivity index (χ0v) is 59.2. The molecule has 0 aliphatic heterocycles. The summed E-state index contributed by atoms with van der Waals surface area (Å²) in [4.78, 5) is 38.0. The molecule has 0 radical (unpaired) electrons. The van der Waals surface area contributed by atoms with Crippen molar-refractivity contribution in [3.63, 3.8) is 0 Å². The molecule has 0 bridgehead atoms. The van der Waals surface area contributed by atoms with Crippen molar-refractivity contribution >= 4 is 19.7 Å². The third kappa shape index (κ3) is 67.7. The summed E-state index contributed by atoms with van der Waals surface area (Å²) in [5.41, 5.74) is 0. The molecule has 3 unspecified atom stereocenters. The lowest BCUT2D eigenvalue weighted by Gasteiger charge is -2.27. The van der Waals surface area contributed by atoms with Crippen LogP contribution in [0.5, 0.6) is 0 Å². The highest BCUT2D eigenvalue weighted by atomic mass is 31.2. The molecule has 0 aliphatic carbocycles. The van der Waals surface area contributed by atoms with Crippen molar-refractivity contribution in [3.05, 3.63) is 72.9 Å². The van der Waals surface area contributed by atoms with E-state index in [-0.39, 0.29) is 31.5 Å². The molecule has 0 saturated heterocycles. The van der Waals surface area contributed by atoms with Crippen LogP contribution >= 0.6 is 7.82 Å². The topological polar surface area (TPSA) is 111 Å². The number of ether oxygens (including phenoxy) is 1. The summed E-state index contributed by atoms with van der Waals surface area (Å²) >= 11 is 0. The monoisotopic (exact) mass is 1240 g/mol. The van der Waals surface area contributed by atoms with E-state index in [4.69, 9.17) is 13.8 Å². The lowest BCUT2D eigenvalue weighted by Crippen LogP contribution is -2.47. The number of nitrogens with zero attached hydrogens (tertiary/aromatic N) is 1. The highest BCUT2D eigenvalue weighted by Gasteiger charge is 2.30. The maximum atomic E-state index is 13.6. The Labute approximate surface area is 540 Å². The van der Waals surface area contributed by atoms with Crippen molar-refractivity contribution in [1.29, 1.82) is 0 Å². The van der Waals surface area contributed by atoms with Gasteiger partial charge in [-0.1, -0.05) is 312 Å². The highest BCUT2D eigenvalue weighted by Crippen LogP contribution is 2.43. The number of phosphoric acid groups is 1. The van der Waals surface area contributed by atoms with E-state index in [1.54, 1.807) is 0 Å². The van der Waals surface area contributed by atoms with Crippen LogP contribution in [0.1, 0.15) is 355 Å². The highest BCUT2D eigenvalue weighted by molar-refractivity contribution is 7.47. The average Bonchev–Trinajstić information content (AvgIpc) is 3.70. The molecule has 10 heteroatoms. The summed E-state index contributed by atoms with van der Waals surface area (Å²) in [5.74, 6) is -0.497. The summed E-state index contributed by atoms with van der Waals surface area (Å²) in [6.07, 6.45) is 87.7. The Morgan fingerprint density at radius 1 is 0.402 bits per heavy atom. The van der Waals surface area contributed by atoms with Gasteiger partial charge in [-0.3, -0.25) is 18.6 Å². The van der Waals surface area contributed by atoms with Crippen molar-refractivity contribution in [2.75, 3.05) is 40.9 Å². The molecule has 508 valence electrons. The fourth-order valence-electron chi connectivity index (χ4n) is 10.9. The van der Waals surface area contributed by atoms with Crippen LogP contribution in [0.15, 0.2) is 72.9 Å². The van der Waals surface area contributed by atoms with Gasteiger partial charge in [0.05, 0.1) is 33.8 Å². The molecule has 3 atom stereocenters. The first kappa shape index (κ1) is 84.5. The first-order chi connectivity index (χ1) is 42.4. The minimum Gasteiger partial charge on any atom is -0.456 e. The number of amides is 1. The Balaban J connectivity index is 5.05. The fraction of sp³-hybridized carbons (Fsp3) is 0.818. The largest absolute Gasteiger partial charge is 0.472 e. The number of likely N-dealkylation sites (N-methyl/N-ethyl adjacent to an activating group) is 1. The number of carbonyl (C=O) groups is 2. The molecule has 0 rings (SSSR count). The number of hydrogen-bond acceptors (Lipinski definition) is 6. The van der Waals surface area contributed by atoms with Gasteiger partial charge in [0.25, 0.3) is 0 Å². The molecule has 9 nitrogen and oxygen atoms in total. The molecular formula is C77H144N2O7P+. The van der Waals surface area contributed by atoms with E-state index in [9.17, 15) is 19.0 Å². The molecule has 2 N–H and O–H groups in total. The minimum absolute atomic E-state index is 0.0390. The number of esters is 1. The van der Waals surface area contributed by atoms with Gasteiger partial charge in [0, 0.05) is 12.8 Å². The second kappa shape index (κ2) is 66.4. The van der Waals surface area contributed by atoms with Crippen LogP contribution in [0.2, 0.25) is 0 Å². The summed E-state index contributed by atoms with van der Waals surface area (Å²) in [7, 11) is 1.50.